The molecule has 0 aliphatic rings. The van der Waals surface area contributed by atoms with Crippen molar-refractivity contribution in [2.75, 3.05) is 5.32 Å². The van der Waals surface area contributed by atoms with E-state index >= 15 is 0 Å². The van der Waals surface area contributed by atoms with Crippen molar-refractivity contribution in [2.24, 2.45) is 0 Å². The van der Waals surface area contributed by atoms with E-state index in [0.29, 0.717) is 5.69 Å². The second-order valence-electron chi connectivity index (χ2n) is 4.98. The van der Waals surface area contributed by atoms with E-state index in [2.05, 4.69) is 5.32 Å². The first kappa shape index (κ1) is 15.0. The number of carbonyl (C=O) groups is 1. The number of amides is 1. The summed E-state index contributed by atoms with van der Waals surface area (Å²) in [5.41, 5.74) is 2.95. The molecule has 3 nitrogen and oxygen atoms in total. The topological polar surface area (TPSA) is 38.3 Å². The van der Waals surface area contributed by atoms with Crippen molar-refractivity contribution in [2.45, 2.75) is 26.9 Å². The van der Waals surface area contributed by atoms with E-state index in [0.717, 1.165) is 11.1 Å². The summed E-state index contributed by atoms with van der Waals surface area (Å²) in [4.78, 5) is 12.1. The van der Waals surface area contributed by atoms with Gasteiger partial charge in [0.1, 0.15) is 0 Å². The molecule has 2 aromatic carbocycles. The van der Waals surface area contributed by atoms with Crippen LogP contribution in [-0.4, -0.2) is 12.0 Å². The first-order valence-electron chi connectivity index (χ1n) is 6.76. The fraction of sp³-hybridized carbons (Fsp3) is 0.235. The minimum absolute atomic E-state index is 0.0697. The highest BCUT2D eigenvalue weighted by Gasteiger charge is 2.16. The summed E-state index contributed by atoms with van der Waals surface area (Å²) >= 11 is 0. The molecule has 1 atom stereocenters. The van der Waals surface area contributed by atoms with Crippen molar-refractivity contribution in [1.29, 1.82) is 0 Å². The SMILES string of the molecule is Cc1ccc(NC(=O)C(C)Oc2ccccc2F)cc1C. The summed E-state index contributed by atoms with van der Waals surface area (Å²) in [7, 11) is 0. The number of ether oxygens (including phenoxy) is 1. The molecule has 1 amide bonds. The Labute approximate surface area is 123 Å². The summed E-state index contributed by atoms with van der Waals surface area (Å²) in [5.74, 6) is -0.731. The number of halogens is 1. The quantitative estimate of drug-likeness (QED) is 0.927. The number of hydrogen-bond donors (Lipinski definition) is 1. The van der Waals surface area contributed by atoms with Gasteiger partial charge >= 0.3 is 0 Å². The predicted molar refractivity (Wildman–Crippen MR) is 81.0 cm³/mol. The minimum atomic E-state index is -0.788. The third kappa shape index (κ3) is 3.81. The Morgan fingerprint density at radius 2 is 1.86 bits per heavy atom. The maximum atomic E-state index is 13.5. The number of rotatable bonds is 4. The van der Waals surface area contributed by atoms with E-state index in [4.69, 9.17) is 4.74 Å². The lowest BCUT2D eigenvalue weighted by Gasteiger charge is -2.15. The third-order valence-corrected chi connectivity index (χ3v) is 3.28. The zero-order valence-electron chi connectivity index (χ0n) is 12.3. The molecule has 0 aliphatic heterocycles. The lowest BCUT2D eigenvalue weighted by Crippen LogP contribution is -2.30. The highest BCUT2D eigenvalue weighted by atomic mass is 19.1. The van der Waals surface area contributed by atoms with Gasteiger partial charge in [0.25, 0.3) is 5.91 Å². The number of carbonyl (C=O) groups excluding carboxylic acids is 1. The molecule has 0 saturated carbocycles. The third-order valence-electron chi connectivity index (χ3n) is 3.28. The summed E-state index contributed by atoms with van der Waals surface area (Å²) in [6.07, 6.45) is -0.788. The van der Waals surface area contributed by atoms with E-state index in [1.807, 2.05) is 32.0 Å². The van der Waals surface area contributed by atoms with Crippen LogP contribution in [0.5, 0.6) is 5.75 Å². The molecule has 0 saturated heterocycles. The van der Waals surface area contributed by atoms with Gasteiger partial charge in [-0.3, -0.25) is 4.79 Å². The van der Waals surface area contributed by atoms with Gasteiger partial charge in [-0.05, 0) is 56.2 Å². The van der Waals surface area contributed by atoms with Crippen LogP contribution in [-0.2, 0) is 4.79 Å². The maximum Gasteiger partial charge on any atom is 0.265 e. The van der Waals surface area contributed by atoms with Gasteiger partial charge in [-0.25, -0.2) is 4.39 Å². The Morgan fingerprint density at radius 3 is 2.52 bits per heavy atom. The van der Waals surface area contributed by atoms with Gasteiger partial charge < -0.3 is 10.1 Å². The molecule has 2 aromatic rings. The molecule has 0 heterocycles. The van der Waals surface area contributed by atoms with Crippen molar-refractivity contribution in [3.8, 4) is 5.75 Å². The Hall–Kier alpha value is -2.36. The molecule has 0 spiro atoms. The first-order chi connectivity index (χ1) is 9.97. The highest BCUT2D eigenvalue weighted by Crippen LogP contribution is 2.18. The van der Waals surface area contributed by atoms with Gasteiger partial charge in [-0.1, -0.05) is 18.2 Å². The monoisotopic (exact) mass is 287 g/mol. The van der Waals surface area contributed by atoms with Crippen molar-refractivity contribution in [3.63, 3.8) is 0 Å². The summed E-state index contributed by atoms with van der Waals surface area (Å²) in [6.45, 7) is 5.57. The molecule has 0 aromatic heterocycles. The van der Waals surface area contributed by atoms with Crippen LogP contribution in [0.15, 0.2) is 42.5 Å². The molecule has 0 bridgehead atoms. The fourth-order valence-electron chi connectivity index (χ4n) is 1.85. The van der Waals surface area contributed by atoms with Gasteiger partial charge in [0.15, 0.2) is 17.7 Å². The van der Waals surface area contributed by atoms with Gasteiger partial charge in [-0.15, -0.1) is 0 Å². The van der Waals surface area contributed by atoms with E-state index in [1.54, 1.807) is 19.1 Å². The first-order valence-corrected chi connectivity index (χ1v) is 6.76. The van der Waals surface area contributed by atoms with Crippen molar-refractivity contribution in [3.05, 3.63) is 59.4 Å². The summed E-state index contributed by atoms with van der Waals surface area (Å²) in [5, 5.41) is 2.76. The normalized spacial score (nSPS) is 11.8. The van der Waals surface area contributed by atoms with Crippen molar-refractivity contribution < 1.29 is 13.9 Å². The van der Waals surface area contributed by atoms with Crippen LogP contribution in [0, 0.1) is 19.7 Å². The lowest BCUT2D eigenvalue weighted by molar-refractivity contribution is -0.122. The smallest absolute Gasteiger partial charge is 0.265 e. The van der Waals surface area contributed by atoms with Gasteiger partial charge in [0, 0.05) is 5.69 Å². The molecule has 1 N–H and O–H groups in total. The van der Waals surface area contributed by atoms with Crippen LogP contribution in [0.1, 0.15) is 18.1 Å². The molecule has 0 fully saturated rings. The molecule has 110 valence electrons. The summed E-state index contributed by atoms with van der Waals surface area (Å²) < 4.78 is 18.8. The Bertz CT molecular complexity index is 655. The van der Waals surface area contributed by atoms with Gasteiger partial charge in [0.05, 0.1) is 0 Å². The van der Waals surface area contributed by atoms with Crippen molar-refractivity contribution in [1.82, 2.24) is 0 Å². The number of para-hydroxylation sites is 1. The zero-order valence-corrected chi connectivity index (χ0v) is 12.3. The van der Waals surface area contributed by atoms with Crippen LogP contribution < -0.4 is 10.1 Å². The predicted octanol–water partition coefficient (Wildman–Crippen LogP) is 3.85. The van der Waals surface area contributed by atoms with Gasteiger partial charge in [0.2, 0.25) is 0 Å². The van der Waals surface area contributed by atoms with Crippen LogP contribution in [0.3, 0.4) is 0 Å². The van der Waals surface area contributed by atoms with E-state index in [1.165, 1.54) is 12.1 Å². The Kier molecular flexibility index (Phi) is 4.58. The number of anilines is 1. The zero-order chi connectivity index (χ0) is 15.4. The molecule has 21 heavy (non-hydrogen) atoms. The second kappa shape index (κ2) is 6.39. The number of benzene rings is 2. The number of aryl methyl sites for hydroxylation is 2. The number of nitrogens with one attached hydrogen (secondary N) is 1. The minimum Gasteiger partial charge on any atom is -0.478 e. The molecule has 1 unspecified atom stereocenters. The molecule has 0 radical (unpaired) electrons. The molecule has 0 aliphatic carbocycles. The van der Waals surface area contributed by atoms with Crippen LogP contribution >= 0.6 is 0 Å². The van der Waals surface area contributed by atoms with E-state index in [-0.39, 0.29) is 11.7 Å². The van der Waals surface area contributed by atoms with Crippen molar-refractivity contribution >= 4 is 11.6 Å². The number of hydrogen-bond acceptors (Lipinski definition) is 2. The average Bonchev–Trinajstić information content (AvgIpc) is 2.45. The Balaban J connectivity index is 2.02. The van der Waals surface area contributed by atoms with E-state index in [9.17, 15) is 9.18 Å². The highest BCUT2D eigenvalue weighted by molar-refractivity contribution is 5.94. The lowest BCUT2D eigenvalue weighted by atomic mass is 10.1. The van der Waals surface area contributed by atoms with Crippen LogP contribution in [0.4, 0.5) is 10.1 Å². The maximum absolute atomic E-state index is 13.5. The largest absolute Gasteiger partial charge is 0.478 e. The molecular weight excluding hydrogens is 269 g/mol. The fourth-order valence-corrected chi connectivity index (χ4v) is 1.85. The van der Waals surface area contributed by atoms with Crippen LogP contribution in [0.2, 0.25) is 0 Å². The summed E-state index contributed by atoms with van der Waals surface area (Å²) in [6, 6.07) is 11.7. The van der Waals surface area contributed by atoms with Gasteiger partial charge in [-0.2, -0.15) is 0 Å². The average molecular weight is 287 g/mol. The van der Waals surface area contributed by atoms with Crippen LogP contribution in [0.25, 0.3) is 0 Å². The molecule has 2 rings (SSSR count). The molecule has 4 heteroatoms. The standard InChI is InChI=1S/C17H18FNO2/c1-11-8-9-14(10-12(11)2)19-17(20)13(3)21-16-7-5-4-6-15(16)18/h4-10,13H,1-3H3,(H,19,20). The Morgan fingerprint density at radius 1 is 1.14 bits per heavy atom. The van der Waals surface area contributed by atoms with E-state index < -0.39 is 11.9 Å². The second-order valence-corrected chi connectivity index (χ2v) is 4.98. The molecular formula is C17H18FNO2.